The number of amidine groups is 1. The highest BCUT2D eigenvalue weighted by molar-refractivity contribution is 8.14. The minimum absolute atomic E-state index is 0.635. The van der Waals surface area contributed by atoms with E-state index in [-0.39, 0.29) is 0 Å². The largest absolute Gasteiger partial charge is 0.361 e. The zero-order valence-corrected chi connectivity index (χ0v) is 11.8. The average molecular weight is 243 g/mol. The van der Waals surface area contributed by atoms with Crippen LogP contribution in [-0.2, 0) is 0 Å². The summed E-state index contributed by atoms with van der Waals surface area (Å²) in [6.07, 6.45) is 2.40. The number of likely N-dealkylation sites (N-methyl/N-ethyl adjacent to an activating group) is 1. The van der Waals surface area contributed by atoms with Crippen molar-refractivity contribution in [1.29, 1.82) is 0 Å². The van der Waals surface area contributed by atoms with Gasteiger partial charge in [-0.15, -0.1) is 0 Å². The Hall–Kier alpha value is -0.220. The third kappa shape index (κ3) is 4.34. The molecule has 1 heterocycles. The van der Waals surface area contributed by atoms with Crippen LogP contribution in [0.5, 0.6) is 0 Å². The Morgan fingerprint density at radius 3 is 2.88 bits per heavy atom. The van der Waals surface area contributed by atoms with Gasteiger partial charge in [0.2, 0.25) is 0 Å². The summed E-state index contributed by atoms with van der Waals surface area (Å²) >= 11 is 1.86. The van der Waals surface area contributed by atoms with Crippen LogP contribution in [0.4, 0.5) is 0 Å². The van der Waals surface area contributed by atoms with E-state index in [9.17, 15) is 0 Å². The van der Waals surface area contributed by atoms with Crippen molar-refractivity contribution >= 4 is 16.9 Å². The molecule has 16 heavy (non-hydrogen) atoms. The van der Waals surface area contributed by atoms with Crippen LogP contribution in [0.2, 0.25) is 0 Å². The molecule has 4 heteroatoms. The molecule has 1 fully saturated rings. The Labute approximate surface area is 104 Å². The molecule has 3 nitrogen and oxygen atoms in total. The van der Waals surface area contributed by atoms with Gasteiger partial charge in [0.05, 0.1) is 6.54 Å². The van der Waals surface area contributed by atoms with Crippen LogP contribution in [0, 0.1) is 0 Å². The molecule has 0 aromatic heterocycles. The second-order valence-electron chi connectivity index (χ2n) is 4.49. The summed E-state index contributed by atoms with van der Waals surface area (Å²) in [5, 5.41) is 4.59. The smallest absolute Gasteiger partial charge is 0.156 e. The standard InChI is InChI=1S/C12H25N3S/c1-5-10(3)15(4)8-7-13-12-14-11(6-2)9-16-12/h10-11H,5-9H2,1-4H3,(H,13,14). The Balaban J connectivity index is 2.22. The number of rotatable bonds is 6. The van der Waals surface area contributed by atoms with Gasteiger partial charge in [0.25, 0.3) is 0 Å². The van der Waals surface area contributed by atoms with Crippen molar-refractivity contribution in [1.82, 2.24) is 10.2 Å². The summed E-state index contributed by atoms with van der Waals surface area (Å²) in [5.74, 6) is 1.18. The van der Waals surface area contributed by atoms with Crippen LogP contribution in [0.25, 0.3) is 0 Å². The van der Waals surface area contributed by atoms with Crippen LogP contribution < -0.4 is 5.32 Å². The summed E-state index contributed by atoms with van der Waals surface area (Å²) < 4.78 is 0. The topological polar surface area (TPSA) is 27.6 Å². The van der Waals surface area contributed by atoms with E-state index in [2.05, 4.69) is 43.0 Å². The predicted octanol–water partition coefficient (Wildman–Crippen LogP) is 2.19. The average Bonchev–Trinajstić information content (AvgIpc) is 2.75. The molecule has 0 aromatic rings. The number of hydrogen-bond donors (Lipinski definition) is 1. The zero-order valence-electron chi connectivity index (χ0n) is 11.0. The third-order valence-corrected chi connectivity index (χ3v) is 4.38. The van der Waals surface area contributed by atoms with E-state index in [0.717, 1.165) is 18.3 Å². The summed E-state index contributed by atoms with van der Waals surface area (Å²) in [5.41, 5.74) is 0. The number of hydrogen-bond acceptors (Lipinski definition) is 3. The maximum atomic E-state index is 4.60. The van der Waals surface area contributed by atoms with Gasteiger partial charge in [0.15, 0.2) is 5.17 Å². The lowest BCUT2D eigenvalue weighted by atomic mass is 10.2. The van der Waals surface area contributed by atoms with E-state index in [0.29, 0.717) is 12.1 Å². The van der Waals surface area contributed by atoms with Crippen molar-refractivity contribution in [3.8, 4) is 0 Å². The van der Waals surface area contributed by atoms with E-state index in [4.69, 9.17) is 0 Å². The van der Waals surface area contributed by atoms with Crippen molar-refractivity contribution in [2.75, 3.05) is 25.9 Å². The van der Waals surface area contributed by atoms with E-state index in [1.165, 1.54) is 18.6 Å². The highest BCUT2D eigenvalue weighted by Gasteiger charge is 2.17. The Kier molecular flexibility index (Phi) is 6.21. The molecule has 0 amide bonds. The van der Waals surface area contributed by atoms with Crippen LogP contribution in [-0.4, -0.2) is 48.0 Å². The summed E-state index contributed by atoms with van der Waals surface area (Å²) in [4.78, 5) is 6.98. The maximum Gasteiger partial charge on any atom is 0.156 e. The van der Waals surface area contributed by atoms with Crippen LogP contribution in [0.1, 0.15) is 33.6 Å². The van der Waals surface area contributed by atoms with E-state index < -0.39 is 0 Å². The Bertz CT molecular complexity index is 230. The van der Waals surface area contributed by atoms with Gasteiger partial charge in [-0.2, -0.15) is 0 Å². The second-order valence-corrected chi connectivity index (χ2v) is 5.49. The fourth-order valence-electron chi connectivity index (χ4n) is 1.59. The van der Waals surface area contributed by atoms with E-state index in [1.807, 2.05) is 11.8 Å². The molecule has 1 N–H and O–H groups in total. The van der Waals surface area contributed by atoms with Gasteiger partial charge in [-0.1, -0.05) is 25.6 Å². The predicted molar refractivity (Wildman–Crippen MR) is 74.4 cm³/mol. The molecule has 1 rings (SSSR count). The van der Waals surface area contributed by atoms with Gasteiger partial charge in [-0.3, -0.25) is 4.99 Å². The highest BCUT2D eigenvalue weighted by Crippen LogP contribution is 2.15. The lowest BCUT2D eigenvalue weighted by Gasteiger charge is -2.22. The molecular weight excluding hydrogens is 218 g/mol. The molecule has 1 saturated heterocycles. The zero-order chi connectivity index (χ0) is 12.0. The first kappa shape index (κ1) is 13.8. The van der Waals surface area contributed by atoms with Crippen LogP contribution in [0.3, 0.4) is 0 Å². The second kappa shape index (κ2) is 7.17. The van der Waals surface area contributed by atoms with Crippen LogP contribution >= 0.6 is 11.8 Å². The molecular formula is C12H25N3S. The van der Waals surface area contributed by atoms with Crippen LogP contribution in [0.15, 0.2) is 4.99 Å². The molecule has 0 radical (unpaired) electrons. The van der Waals surface area contributed by atoms with Gasteiger partial charge in [0.1, 0.15) is 0 Å². The molecule has 0 saturated carbocycles. The lowest BCUT2D eigenvalue weighted by Crippen LogP contribution is -2.31. The molecule has 0 bridgehead atoms. The molecule has 94 valence electrons. The molecule has 2 atom stereocenters. The first-order valence-electron chi connectivity index (χ1n) is 6.31. The van der Waals surface area contributed by atoms with Crippen molar-refractivity contribution in [3.63, 3.8) is 0 Å². The van der Waals surface area contributed by atoms with Gasteiger partial charge in [-0.25, -0.2) is 0 Å². The number of nitrogens with one attached hydrogen (secondary N) is 1. The lowest BCUT2D eigenvalue weighted by molar-refractivity contribution is 0.259. The van der Waals surface area contributed by atoms with E-state index in [1.54, 1.807) is 0 Å². The van der Waals surface area contributed by atoms with Gasteiger partial charge in [0, 0.05) is 24.4 Å². The minimum atomic E-state index is 0.635. The highest BCUT2D eigenvalue weighted by atomic mass is 32.2. The summed E-state index contributed by atoms with van der Waals surface area (Å²) in [6, 6.07) is 1.30. The number of nitrogens with zero attached hydrogens (tertiary/aromatic N) is 2. The van der Waals surface area contributed by atoms with Gasteiger partial charge in [-0.05, 0) is 26.8 Å². The van der Waals surface area contributed by atoms with Crippen molar-refractivity contribution in [2.45, 2.75) is 45.7 Å². The Morgan fingerprint density at radius 1 is 1.56 bits per heavy atom. The Morgan fingerprint density at radius 2 is 2.31 bits per heavy atom. The fourth-order valence-corrected chi connectivity index (χ4v) is 2.70. The quantitative estimate of drug-likeness (QED) is 0.775. The molecule has 0 aliphatic carbocycles. The number of thioether (sulfide) groups is 1. The minimum Gasteiger partial charge on any atom is -0.361 e. The van der Waals surface area contributed by atoms with Gasteiger partial charge < -0.3 is 10.2 Å². The summed E-state index contributed by atoms with van der Waals surface area (Å²) in [7, 11) is 2.18. The maximum absolute atomic E-state index is 4.60. The SMILES string of the molecule is CCC1CSC(=NCCN(C)C(C)CC)N1. The summed E-state index contributed by atoms with van der Waals surface area (Å²) in [6.45, 7) is 8.68. The first-order valence-corrected chi connectivity index (χ1v) is 7.29. The molecule has 2 unspecified atom stereocenters. The van der Waals surface area contributed by atoms with E-state index >= 15 is 0 Å². The van der Waals surface area contributed by atoms with Crippen molar-refractivity contribution < 1.29 is 0 Å². The van der Waals surface area contributed by atoms with Crippen molar-refractivity contribution in [3.05, 3.63) is 0 Å². The molecule has 0 spiro atoms. The normalized spacial score (nSPS) is 25.1. The fraction of sp³-hybridized carbons (Fsp3) is 0.917. The monoisotopic (exact) mass is 243 g/mol. The van der Waals surface area contributed by atoms with Gasteiger partial charge >= 0.3 is 0 Å². The molecule has 1 aliphatic heterocycles. The molecule has 0 aromatic carbocycles. The molecule has 1 aliphatic rings. The third-order valence-electron chi connectivity index (χ3n) is 3.29. The van der Waals surface area contributed by atoms with Crippen molar-refractivity contribution in [2.24, 2.45) is 4.99 Å². The number of aliphatic imine (C=N–C) groups is 1. The first-order chi connectivity index (χ1) is 7.67.